The summed E-state index contributed by atoms with van der Waals surface area (Å²) >= 11 is 3.90. The Morgan fingerprint density at radius 2 is 2.00 bits per heavy atom. The van der Waals surface area contributed by atoms with E-state index in [1.807, 2.05) is 0 Å². The van der Waals surface area contributed by atoms with E-state index in [0.717, 1.165) is 0 Å². The molecule has 0 aromatic carbocycles. The Balaban J connectivity index is 4.28. The van der Waals surface area contributed by atoms with Crippen molar-refractivity contribution in [3.05, 3.63) is 0 Å². The average Bonchev–Trinajstić information content (AvgIpc) is 2.21. The Hall–Kier alpha value is -1.24. The van der Waals surface area contributed by atoms with Gasteiger partial charge in [0.15, 0.2) is 0 Å². The van der Waals surface area contributed by atoms with Gasteiger partial charge in [-0.25, -0.2) is 4.79 Å². The lowest BCUT2D eigenvalue weighted by Crippen LogP contribution is -2.40. The van der Waals surface area contributed by atoms with Crippen LogP contribution in [0.4, 0.5) is 0 Å². The number of nitrogens with one attached hydrogen (secondary N) is 1. The second kappa shape index (κ2) is 7.10. The predicted molar refractivity (Wildman–Crippen MR) is 59.2 cm³/mol. The van der Waals surface area contributed by atoms with Crippen molar-refractivity contribution >= 4 is 30.5 Å². The minimum Gasteiger partial charge on any atom is -0.478 e. The Bertz CT molecular complexity index is 281. The number of esters is 1. The van der Waals surface area contributed by atoms with Crippen LogP contribution in [0, 0.1) is 5.92 Å². The standard InChI is InChI=1S/C9H15NO5S/c1-5(4-16)9(14)15-7(8(12)13)3-10-6(2)11/h5,7,16H,3-4H2,1-2H3,(H,10,11)(H,12,13)/t5-,7+/m1/s1. The summed E-state index contributed by atoms with van der Waals surface area (Å²) in [6.07, 6.45) is -1.36. The molecule has 16 heavy (non-hydrogen) atoms. The summed E-state index contributed by atoms with van der Waals surface area (Å²) in [5.74, 6) is -2.54. The first-order valence-electron chi connectivity index (χ1n) is 4.67. The molecule has 0 aliphatic heterocycles. The molecular weight excluding hydrogens is 234 g/mol. The molecule has 92 valence electrons. The summed E-state index contributed by atoms with van der Waals surface area (Å²) in [4.78, 5) is 32.6. The van der Waals surface area contributed by atoms with Gasteiger partial charge in [-0.05, 0) is 0 Å². The molecule has 1 amide bonds. The lowest BCUT2D eigenvalue weighted by atomic mass is 10.2. The van der Waals surface area contributed by atoms with Crippen LogP contribution in [0.3, 0.4) is 0 Å². The molecule has 0 spiro atoms. The van der Waals surface area contributed by atoms with Crippen molar-refractivity contribution in [1.29, 1.82) is 0 Å². The molecule has 0 aromatic rings. The third-order valence-electron chi connectivity index (χ3n) is 1.75. The third kappa shape index (κ3) is 5.59. The highest BCUT2D eigenvalue weighted by atomic mass is 32.1. The zero-order valence-corrected chi connectivity index (χ0v) is 9.99. The Morgan fingerprint density at radius 3 is 2.38 bits per heavy atom. The molecule has 0 saturated heterocycles. The minimum absolute atomic E-state index is 0.240. The first-order valence-corrected chi connectivity index (χ1v) is 5.30. The Kier molecular flexibility index (Phi) is 6.55. The number of carbonyl (C=O) groups excluding carboxylic acids is 2. The topological polar surface area (TPSA) is 92.7 Å². The minimum atomic E-state index is -1.36. The number of rotatable bonds is 6. The fraction of sp³-hybridized carbons (Fsp3) is 0.667. The molecule has 0 aromatic heterocycles. The molecule has 0 radical (unpaired) electrons. The van der Waals surface area contributed by atoms with E-state index in [1.165, 1.54) is 6.92 Å². The van der Waals surface area contributed by atoms with Gasteiger partial charge in [-0.3, -0.25) is 9.59 Å². The molecule has 2 atom stereocenters. The molecule has 0 bridgehead atoms. The van der Waals surface area contributed by atoms with Gasteiger partial charge in [0.1, 0.15) is 0 Å². The first kappa shape index (κ1) is 14.8. The SMILES string of the molecule is CC(=O)NC[C@H](OC(=O)[C@H](C)CS)C(=O)O. The van der Waals surface area contributed by atoms with Gasteiger partial charge in [-0.15, -0.1) is 0 Å². The molecule has 0 saturated carbocycles. The molecule has 6 nitrogen and oxygen atoms in total. The second-order valence-corrected chi connectivity index (χ2v) is 3.65. The molecule has 2 N–H and O–H groups in total. The van der Waals surface area contributed by atoms with E-state index in [0.29, 0.717) is 0 Å². The molecule has 0 heterocycles. The van der Waals surface area contributed by atoms with Crippen LogP contribution in [0.15, 0.2) is 0 Å². The van der Waals surface area contributed by atoms with Crippen molar-refractivity contribution in [2.75, 3.05) is 12.3 Å². The molecule has 0 unspecified atom stereocenters. The highest BCUT2D eigenvalue weighted by Crippen LogP contribution is 2.03. The fourth-order valence-electron chi connectivity index (χ4n) is 0.747. The molecule has 7 heteroatoms. The van der Waals surface area contributed by atoms with Gasteiger partial charge < -0.3 is 15.2 Å². The van der Waals surface area contributed by atoms with Gasteiger partial charge in [0.25, 0.3) is 0 Å². The van der Waals surface area contributed by atoms with E-state index < -0.39 is 24.0 Å². The number of aliphatic carboxylic acids is 1. The van der Waals surface area contributed by atoms with Crippen LogP contribution in [0.1, 0.15) is 13.8 Å². The summed E-state index contributed by atoms with van der Waals surface area (Å²) < 4.78 is 4.71. The summed E-state index contributed by atoms with van der Waals surface area (Å²) in [5.41, 5.74) is 0. The molecule has 0 fully saturated rings. The van der Waals surface area contributed by atoms with Crippen LogP contribution < -0.4 is 5.32 Å². The summed E-state index contributed by atoms with van der Waals surface area (Å²) in [7, 11) is 0. The van der Waals surface area contributed by atoms with Gasteiger partial charge >= 0.3 is 11.9 Å². The summed E-state index contributed by atoms with van der Waals surface area (Å²) in [6, 6.07) is 0. The van der Waals surface area contributed by atoms with Gasteiger partial charge in [0, 0.05) is 12.7 Å². The van der Waals surface area contributed by atoms with E-state index >= 15 is 0 Å². The molecule has 0 rings (SSSR count). The van der Waals surface area contributed by atoms with Gasteiger partial charge in [0.05, 0.1) is 12.5 Å². The molecule has 0 aliphatic rings. The average molecular weight is 249 g/mol. The number of carboxylic acid groups (broad SMARTS) is 1. The number of carboxylic acids is 1. The van der Waals surface area contributed by atoms with Crippen molar-refractivity contribution in [3.8, 4) is 0 Å². The fourth-order valence-corrected chi connectivity index (χ4v) is 0.896. The van der Waals surface area contributed by atoms with E-state index in [2.05, 4.69) is 17.9 Å². The number of thiol groups is 1. The predicted octanol–water partition coefficient (Wildman–Crippen LogP) is -0.315. The van der Waals surface area contributed by atoms with Crippen molar-refractivity contribution in [3.63, 3.8) is 0 Å². The maximum atomic E-state index is 11.3. The third-order valence-corrected chi connectivity index (χ3v) is 2.29. The zero-order valence-electron chi connectivity index (χ0n) is 9.10. The normalized spacial score (nSPS) is 13.7. The van der Waals surface area contributed by atoms with Crippen molar-refractivity contribution in [2.45, 2.75) is 20.0 Å². The largest absolute Gasteiger partial charge is 0.478 e. The maximum absolute atomic E-state index is 11.3. The monoisotopic (exact) mass is 249 g/mol. The number of hydrogen-bond acceptors (Lipinski definition) is 5. The second-order valence-electron chi connectivity index (χ2n) is 3.28. The van der Waals surface area contributed by atoms with Crippen LogP contribution in [-0.4, -0.2) is 41.4 Å². The summed E-state index contributed by atoms with van der Waals surface area (Å²) in [6.45, 7) is 2.58. The Morgan fingerprint density at radius 1 is 1.44 bits per heavy atom. The first-order chi connectivity index (χ1) is 7.38. The van der Waals surface area contributed by atoms with Gasteiger partial charge in [-0.1, -0.05) is 6.92 Å². The number of amides is 1. The Labute approximate surface area is 98.8 Å². The number of hydrogen-bond donors (Lipinski definition) is 3. The number of carbonyl (C=O) groups is 3. The zero-order chi connectivity index (χ0) is 12.7. The van der Waals surface area contributed by atoms with E-state index in [4.69, 9.17) is 9.84 Å². The van der Waals surface area contributed by atoms with Gasteiger partial charge in [0.2, 0.25) is 12.0 Å². The maximum Gasteiger partial charge on any atom is 0.346 e. The van der Waals surface area contributed by atoms with Crippen molar-refractivity contribution < 1.29 is 24.2 Å². The molecule has 0 aliphatic carbocycles. The van der Waals surface area contributed by atoms with Gasteiger partial charge in [-0.2, -0.15) is 12.6 Å². The highest BCUT2D eigenvalue weighted by molar-refractivity contribution is 7.80. The van der Waals surface area contributed by atoms with E-state index in [-0.39, 0.29) is 18.2 Å². The van der Waals surface area contributed by atoms with Crippen LogP contribution in [0.5, 0.6) is 0 Å². The lowest BCUT2D eigenvalue weighted by molar-refractivity contribution is -0.166. The quantitative estimate of drug-likeness (QED) is 0.443. The van der Waals surface area contributed by atoms with Crippen LogP contribution in [0.25, 0.3) is 0 Å². The van der Waals surface area contributed by atoms with Crippen LogP contribution in [0.2, 0.25) is 0 Å². The highest BCUT2D eigenvalue weighted by Gasteiger charge is 2.24. The summed E-state index contributed by atoms with van der Waals surface area (Å²) in [5, 5.41) is 11.0. The van der Waals surface area contributed by atoms with Crippen molar-refractivity contribution in [2.24, 2.45) is 5.92 Å². The van der Waals surface area contributed by atoms with Crippen LogP contribution >= 0.6 is 12.6 Å². The van der Waals surface area contributed by atoms with E-state index in [9.17, 15) is 14.4 Å². The van der Waals surface area contributed by atoms with Crippen molar-refractivity contribution in [1.82, 2.24) is 5.32 Å². The van der Waals surface area contributed by atoms with E-state index in [1.54, 1.807) is 6.92 Å². The van der Waals surface area contributed by atoms with Crippen LogP contribution in [-0.2, 0) is 19.1 Å². The molecular formula is C9H15NO5S. The smallest absolute Gasteiger partial charge is 0.346 e. The lowest BCUT2D eigenvalue weighted by Gasteiger charge is -2.16. The number of ether oxygens (including phenoxy) is 1.